The molecule has 1 aliphatic heterocycles. The Morgan fingerprint density at radius 2 is 1.94 bits per heavy atom. The number of rotatable bonds is 4. The van der Waals surface area contributed by atoms with Crippen LogP contribution in [-0.4, -0.2) is 68.2 Å². The van der Waals surface area contributed by atoms with Crippen LogP contribution in [-0.2, 0) is 9.53 Å². The van der Waals surface area contributed by atoms with Crippen molar-refractivity contribution < 1.29 is 32.3 Å². The number of nitrogens with one attached hydrogen (secondary N) is 1. The molecule has 2 atom stereocenters. The van der Waals surface area contributed by atoms with Gasteiger partial charge in [-0.25, -0.2) is 4.79 Å². The van der Waals surface area contributed by atoms with Gasteiger partial charge in [-0.15, -0.1) is 11.7 Å². The van der Waals surface area contributed by atoms with Gasteiger partial charge in [0.2, 0.25) is 0 Å². The highest BCUT2D eigenvalue weighted by Gasteiger charge is 2.58. The maximum atomic E-state index is 13.7. The molecular formula is C21H24F3N5O4. The summed E-state index contributed by atoms with van der Waals surface area (Å²) in [4.78, 5) is 39.5. The van der Waals surface area contributed by atoms with E-state index in [0.29, 0.717) is 5.52 Å². The Bertz CT molecular complexity index is 1090. The SMILES string of the molecule is C=CCC1CN(C(=O)OC(C)(C)C)CC1(NC(=O)C(F)(F)F)C(=O)n1nnc2ccccc21. The molecule has 9 nitrogen and oxygen atoms in total. The van der Waals surface area contributed by atoms with Crippen molar-refractivity contribution in [2.24, 2.45) is 5.92 Å². The van der Waals surface area contributed by atoms with Gasteiger partial charge in [0, 0.05) is 12.5 Å². The fraction of sp³-hybridized carbons (Fsp3) is 0.476. The Balaban J connectivity index is 2.10. The number of halogens is 3. The first-order chi connectivity index (χ1) is 15.3. The summed E-state index contributed by atoms with van der Waals surface area (Å²) in [6.07, 6.45) is -4.63. The van der Waals surface area contributed by atoms with Gasteiger partial charge in [-0.3, -0.25) is 9.59 Å². The molecule has 0 bridgehead atoms. The molecule has 2 heterocycles. The summed E-state index contributed by atoms with van der Waals surface area (Å²) in [7, 11) is 0. The fourth-order valence-corrected chi connectivity index (χ4v) is 3.78. The predicted molar refractivity (Wildman–Crippen MR) is 111 cm³/mol. The minimum absolute atomic E-state index is 0.0375. The molecule has 3 rings (SSSR count). The lowest BCUT2D eigenvalue weighted by Gasteiger charge is -2.33. The summed E-state index contributed by atoms with van der Waals surface area (Å²) >= 11 is 0. The van der Waals surface area contributed by atoms with E-state index in [1.807, 2.05) is 5.32 Å². The number of nitrogens with zero attached hydrogens (tertiary/aromatic N) is 4. The minimum atomic E-state index is -5.25. The molecule has 2 aromatic rings. The number of fused-ring (bicyclic) bond motifs is 1. The molecule has 0 radical (unpaired) electrons. The number of para-hydroxylation sites is 1. The Morgan fingerprint density at radius 3 is 2.55 bits per heavy atom. The number of allylic oxidation sites excluding steroid dienone is 1. The van der Waals surface area contributed by atoms with Crippen LogP contribution < -0.4 is 5.32 Å². The van der Waals surface area contributed by atoms with Gasteiger partial charge in [0.1, 0.15) is 16.7 Å². The third kappa shape index (κ3) is 4.83. The molecule has 2 amide bonds. The van der Waals surface area contributed by atoms with Crippen molar-refractivity contribution in [2.45, 2.75) is 44.5 Å². The van der Waals surface area contributed by atoms with Crippen LogP contribution in [0.3, 0.4) is 0 Å². The average molecular weight is 467 g/mol. The Hall–Kier alpha value is -3.44. The quantitative estimate of drug-likeness (QED) is 0.693. The molecule has 1 aromatic heterocycles. The molecule has 33 heavy (non-hydrogen) atoms. The molecule has 1 N–H and O–H groups in total. The van der Waals surface area contributed by atoms with Crippen molar-refractivity contribution in [3.63, 3.8) is 0 Å². The summed E-state index contributed by atoms with van der Waals surface area (Å²) < 4.78 is 45.9. The number of hydrogen-bond acceptors (Lipinski definition) is 6. The predicted octanol–water partition coefficient (Wildman–Crippen LogP) is 2.93. The van der Waals surface area contributed by atoms with Crippen molar-refractivity contribution in [1.82, 2.24) is 25.2 Å². The topological polar surface area (TPSA) is 106 Å². The molecule has 0 aliphatic carbocycles. The normalized spacial score (nSPS) is 21.2. The Morgan fingerprint density at radius 1 is 1.27 bits per heavy atom. The highest BCUT2D eigenvalue weighted by molar-refractivity contribution is 5.99. The van der Waals surface area contributed by atoms with E-state index in [1.54, 1.807) is 39.0 Å². The molecule has 178 valence electrons. The number of amides is 2. The molecule has 1 aromatic carbocycles. The summed E-state index contributed by atoms with van der Waals surface area (Å²) in [6, 6.07) is 6.37. The number of ether oxygens (including phenoxy) is 1. The van der Waals surface area contributed by atoms with Crippen molar-refractivity contribution in [2.75, 3.05) is 13.1 Å². The largest absolute Gasteiger partial charge is 0.471 e. The van der Waals surface area contributed by atoms with E-state index in [2.05, 4.69) is 16.9 Å². The zero-order valence-electron chi connectivity index (χ0n) is 18.3. The second-order valence-electron chi connectivity index (χ2n) is 8.80. The van der Waals surface area contributed by atoms with Crippen LogP contribution in [0.4, 0.5) is 18.0 Å². The second kappa shape index (κ2) is 8.49. The van der Waals surface area contributed by atoms with Gasteiger partial charge < -0.3 is 15.0 Å². The van der Waals surface area contributed by atoms with Gasteiger partial charge in [-0.05, 0) is 39.3 Å². The van der Waals surface area contributed by atoms with Crippen molar-refractivity contribution in [1.29, 1.82) is 0 Å². The monoisotopic (exact) mass is 467 g/mol. The third-order valence-corrected chi connectivity index (χ3v) is 5.20. The number of alkyl halides is 3. The van der Waals surface area contributed by atoms with Crippen LogP contribution in [0.2, 0.25) is 0 Å². The van der Waals surface area contributed by atoms with Crippen LogP contribution in [0.15, 0.2) is 36.9 Å². The molecule has 2 unspecified atom stereocenters. The van der Waals surface area contributed by atoms with Gasteiger partial charge >= 0.3 is 18.2 Å². The van der Waals surface area contributed by atoms with Gasteiger partial charge in [0.05, 0.1) is 12.1 Å². The lowest BCUT2D eigenvalue weighted by molar-refractivity contribution is -0.175. The van der Waals surface area contributed by atoms with Crippen molar-refractivity contribution >= 4 is 28.9 Å². The van der Waals surface area contributed by atoms with Gasteiger partial charge in [-0.2, -0.15) is 17.9 Å². The lowest BCUT2D eigenvalue weighted by Crippen LogP contribution is -2.64. The molecule has 1 aliphatic rings. The van der Waals surface area contributed by atoms with E-state index in [-0.39, 0.29) is 18.5 Å². The maximum Gasteiger partial charge on any atom is 0.471 e. The third-order valence-electron chi connectivity index (χ3n) is 5.20. The first-order valence-corrected chi connectivity index (χ1v) is 10.1. The summed E-state index contributed by atoms with van der Waals surface area (Å²) in [5.74, 6) is -4.18. The van der Waals surface area contributed by atoms with E-state index < -0.39 is 47.7 Å². The highest BCUT2D eigenvalue weighted by atomic mass is 19.4. The van der Waals surface area contributed by atoms with Crippen molar-refractivity contribution in [3.05, 3.63) is 36.9 Å². The van der Waals surface area contributed by atoms with Crippen LogP contribution in [0.1, 0.15) is 32.0 Å². The molecule has 0 spiro atoms. The maximum absolute atomic E-state index is 13.7. The number of hydrogen-bond donors (Lipinski definition) is 1. The summed E-state index contributed by atoms with van der Waals surface area (Å²) in [5.41, 5.74) is -2.44. The average Bonchev–Trinajstić information content (AvgIpc) is 3.28. The van der Waals surface area contributed by atoms with E-state index >= 15 is 0 Å². The molecule has 1 fully saturated rings. The van der Waals surface area contributed by atoms with Crippen LogP contribution in [0.25, 0.3) is 11.0 Å². The Labute approximate surface area is 187 Å². The van der Waals surface area contributed by atoms with E-state index in [1.165, 1.54) is 12.1 Å². The molecular weight excluding hydrogens is 443 g/mol. The smallest absolute Gasteiger partial charge is 0.444 e. The first kappa shape index (κ1) is 24.2. The van der Waals surface area contributed by atoms with Crippen LogP contribution >= 0.6 is 0 Å². The first-order valence-electron chi connectivity index (χ1n) is 10.1. The zero-order valence-corrected chi connectivity index (χ0v) is 18.3. The summed E-state index contributed by atoms with van der Waals surface area (Å²) in [5, 5.41) is 9.55. The second-order valence-corrected chi connectivity index (χ2v) is 8.80. The lowest BCUT2D eigenvalue weighted by atomic mass is 9.83. The van der Waals surface area contributed by atoms with Crippen LogP contribution in [0, 0.1) is 5.92 Å². The molecule has 12 heteroatoms. The zero-order chi connectivity index (χ0) is 24.6. The minimum Gasteiger partial charge on any atom is -0.444 e. The molecule has 0 saturated carbocycles. The summed E-state index contributed by atoms with van der Waals surface area (Å²) in [6.45, 7) is 7.81. The van der Waals surface area contributed by atoms with E-state index in [0.717, 1.165) is 9.58 Å². The number of benzene rings is 1. The van der Waals surface area contributed by atoms with Gasteiger partial charge in [-0.1, -0.05) is 23.4 Å². The van der Waals surface area contributed by atoms with Gasteiger partial charge in [0.15, 0.2) is 0 Å². The standard InChI is InChI=1S/C21H24F3N5O4/c1-5-8-13-11-28(18(32)33-19(2,3)4)12-20(13,25-16(30)21(22,23)24)17(31)29-15-10-7-6-9-14(15)26-27-29/h5-7,9-10,13H,1,8,11-12H2,2-4H3,(H,25,30). The molecule has 1 saturated heterocycles. The number of carbonyl (C=O) groups is 3. The number of aromatic nitrogens is 3. The number of likely N-dealkylation sites (tertiary alicyclic amines) is 1. The fourth-order valence-electron chi connectivity index (χ4n) is 3.78. The number of carbonyl (C=O) groups excluding carboxylic acids is 3. The van der Waals surface area contributed by atoms with Gasteiger partial charge in [0.25, 0.3) is 5.91 Å². The van der Waals surface area contributed by atoms with E-state index in [4.69, 9.17) is 4.74 Å². The van der Waals surface area contributed by atoms with Crippen molar-refractivity contribution in [3.8, 4) is 0 Å². The highest BCUT2D eigenvalue weighted by Crippen LogP contribution is 2.35. The van der Waals surface area contributed by atoms with Crippen LogP contribution in [0.5, 0.6) is 0 Å². The van der Waals surface area contributed by atoms with E-state index in [9.17, 15) is 27.6 Å². The Kier molecular flexibility index (Phi) is 6.22.